The first-order valence-electron chi connectivity index (χ1n) is 39.1. The summed E-state index contributed by atoms with van der Waals surface area (Å²) in [6.45, 7) is 0. The van der Waals surface area contributed by atoms with E-state index in [1.54, 1.807) is 60.7 Å². The van der Waals surface area contributed by atoms with E-state index in [1.165, 1.54) is 5.39 Å². The van der Waals surface area contributed by atoms with Gasteiger partial charge in [-0.15, -0.1) is 0 Å². The number of rotatable bonds is 6. The molecule has 0 amide bonds. The van der Waals surface area contributed by atoms with Gasteiger partial charge in [0.25, 0.3) is 0 Å². The quantitative estimate of drug-likeness (QED) is 0.123. The molecule has 0 aliphatic heterocycles. The van der Waals surface area contributed by atoms with Crippen LogP contribution in [0.15, 0.2) is 348 Å². The topological polar surface area (TPSA) is 26.3 Å². The van der Waals surface area contributed by atoms with E-state index in [-0.39, 0.29) is 91.4 Å². The fourth-order valence-corrected chi connectivity index (χ4v) is 14.5. The Bertz CT molecular complexity index is 7320. The van der Waals surface area contributed by atoms with Crippen LogP contribution >= 0.6 is 0 Å². The molecule has 20 aromatic rings. The zero-order chi connectivity index (χ0) is 75.7. The number of furan rings is 2. The van der Waals surface area contributed by atoms with Gasteiger partial charge in [-0.05, 0) is 201 Å². The van der Waals surface area contributed by atoms with Gasteiger partial charge in [0.15, 0.2) is 0 Å². The molecule has 0 N–H and O–H groups in total. The van der Waals surface area contributed by atoms with Gasteiger partial charge in [-0.1, -0.05) is 291 Å². The summed E-state index contributed by atoms with van der Waals surface area (Å²) in [7, 11) is 0. The number of benzene rings is 18. The summed E-state index contributed by atoms with van der Waals surface area (Å²) < 4.78 is 157. The van der Waals surface area contributed by atoms with Crippen LogP contribution in [0.2, 0.25) is 0 Å². The minimum atomic E-state index is -0.432. The average Bonchev–Trinajstić information content (AvgIpc) is 0.733. The largest absolute Gasteiger partial charge is 0.456 e. The summed E-state index contributed by atoms with van der Waals surface area (Å²) in [6, 6.07) is 73.2. The van der Waals surface area contributed by atoms with Crippen molar-refractivity contribution < 1.29 is 30.8 Å². The Morgan fingerprint density at radius 1 is 0.191 bits per heavy atom. The lowest BCUT2D eigenvalue weighted by molar-refractivity contribution is 0.668. The Labute approximate surface area is 564 Å². The molecular weight excluding hydrogens is 1140 g/mol. The molecule has 0 aliphatic carbocycles. The van der Waals surface area contributed by atoms with E-state index in [0.29, 0.717) is 66.8 Å². The number of hydrogen-bond acceptors (Lipinski definition) is 2. The van der Waals surface area contributed by atoms with Crippen LogP contribution in [0.1, 0.15) is 21.9 Å². The third-order valence-electron chi connectivity index (χ3n) is 18.6. The number of fused-ring (bicyclic) bond motifs is 16. The van der Waals surface area contributed by atoms with Crippen molar-refractivity contribution >= 4 is 130 Å². The highest BCUT2D eigenvalue weighted by Gasteiger charge is 2.22. The molecule has 0 saturated carbocycles. The molecule has 0 radical (unpaired) electrons. The first kappa shape index (κ1) is 39.7. The summed E-state index contributed by atoms with van der Waals surface area (Å²) in [4.78, 5) is 0. The van der Waals surface area contributed by atoms with Crippen molar-refractivity contribution in [3.05, 3.63) is 339 Å². The Hall–Kier alpha value is -12.4. The van der Waals surface area contributed by atoms with Gasteiger partial charge in [-0.2, -0.15) is 0 Å². The second-order valence-electron chi connectivity index (χ2n) is 23.6. The summed E-state index contributed by atoms with van der Waals surface area (Å²) >= 11 is 0. The molecule has 436 valence electrons. The van der Waals surface area contributed by atoms with Gasteiger partial charge in [0.05, 0.1) is 21.9 Å². The van der Waals surface area contributed by atoms with Crippen molar-refractivity contribution in [1.82, 2.24) is 0 Å². The Morgan fingerprint density at radius 2 is 0.564 bits per heavy atom. The van der Waals surface area contributed by atoms with Crippen LogP contribution in [0.3, 0.4) is 0 Å². The van der Waals surface area contributed by atoms with Gasteiger partial charge < -0.3 is 8.83 Å². The van der Waals surface area contributed by atoms with E-state index >= 15 is 0 Å². The minimum Gasteiger partial charge on any atom is -0.456 e. The van der Waals surface area contributed by atoms with E-state index in [9.17, 15) is 11.0 Å². The Balaban J connectivity index is 0.000000149. The standard InChI is InChI=1S/2C46H28O/c1-2-13-30(14-3-1)44-37-16-6-8-18-39(37)45(40-19-9-7-17-38(40)44)31-25-27-42-41(28-31)46-36(22-11-23-43(46)47-42)34-21-10-20-33-32-15-5-4-12-29(32)24-26-35(33)34;1-2-12-29(13-3-1)45-36-18-8-10-20-38(36)46(39-21-11-9-19-37(39)45)32-23-25-44-42(28-32)41-27-31(22-24-43(41)47-44)40-26-30-14-4-5-15-33(30)34-16-6-7-17-35(34)40/h2*1-28H/i6D,7D,8D,9D,16D,17D,18D,19D;8D,9D,10D,11D,18D,19D,20D,21D. The third-order valence-corrected chi connectivity index (χ3v) is 18.6. The van der Waals surface area contributed by atoms with Gasteiger partial charge in [0.2, 0.25) is 0 Å². The molecule has 2 heterocycles. The molecular formula is C92H56O2. The molecule has 0 bridgehead atoms. The summed E-state index contributed by atoms with van der Waals surface area (Å²) in [5.74, 6) is 0. The molecule has 0 fully saturated rings. The Morgan fingerprint density at radius 3 is 1.11 bits per heavy atom. The maximum absolute atomic E-state index is 9.31. The van der Waals surface area contributed by atoms with E-state index in [4.69, 9.17) is 19.8 Å². The lowest BCUT2D eigenvalue weighted by Crippen LogP contribution is -1.90. The van der Waals surface area contributed by atoms with Crippen LogP contribution in [-0.4, -0.2) is 0 Å². The fraction of sp³-hybridized carbons (Fsp3) is 0. The molecule has 2 heteroatoms. The summed E-state index contributed by atoms with van der Waals surface area (Å²) in [5, 5.41) is 13.8. The lowest BCUT2D eigenvalue weighted by atomic mass is 9.85. The van der Waals surface area contributed by atoms with Crippen molar-refractivity contribution in [2.24, 2.45) is 0 Å². The molecule has 2 aromatic heterocycles. The van der Waals surface area contributed by atoms with Crippen LogP contribution in [-0.2, 0) is 0 Å². The van der Waals surface area contributed by atoms with Gasteiger partial charge in [0, 0.05) is 21.5 Å². The van der Waals surface area contributed by atoms with Crippen LogP contribution in [0.4, 0.5) is 0 Å². The van der Waals surface area contributed by atoms with Gasteiger partial charge in [-0.3, -0.25) is 0 Å². The van der Waals surface area contributed by atoms with E-state index in [1.807, 2.05) is 91.0 Å². The summed E-state index contributed by atoms with van der Waals surface area (Å²) in [5.41, 5.74) is 10.0. The molecule has 0 spiro atoms. The smallest absolute Gasteiger partial charge is 0.136 e. The van der Waals surface area contributed by atoms with Crippen LogP contribution in [0, 0.1) is 0 Å². The zero-order valence-corrected chi connectivity index (χ0v) is 49.9. The molecule has 0 unspecified atom stereocenters. The highest BCUT2D eigenvalue weighted by atomic mass is 16.3. The van der Waals surface area contributed by atoms with Gasteiger partial charge in [-0.25, -0.2) is 0 Å². The highest BCUT2D eigenvalue weighted by molar-refractivity contribution is 6.25. The predicted molar refractivity (Wildman–Crippen MR) is 400 cm³/mol. The molecule has 20 rings (SSSR count). The van der Waals surface area contributed by atoms with Crippen molar-refractivity contribution in [2.75, 3.05) is 0 Å². The van der Waals surface area contributed by atoms with E-state index < -0.39 is 48.3 Å². The van der Waals surface area contributed by atoms with Gasteiger partial charge in [0.1, 0.15) is 22.3 Å². The van der Waals surface area contributed by atoms with Crippen molar-refractivity contribution in [3.63, 3.8) is 0 Å². The minimum absolute atomic E-state index is 0.177. The molecule has 0 atom stereocenters. The van der Waals surface area contributed by atoms with E-state index in [2.05, 4.69) is 91.0 Å². The van der Waals surface area contributed by atoms with Gasteiger partial charge >= 0.3 is 0 Å². The van der Waals surface area contributed by atoms with Crippen molar-refractivity contribution in [2.45, 2.75) is 0 Å². The molecule has 94 heavy (non-hydrogen) atoms. The fourth-order valence-electron chi connectivity index (χ4n) is 14.5. The van der Waals surface area contributed by atoms with Crippen LogP contribution in [0.25, 0.3) is 197 Å². The Kier molecular flexibility index (Phi) is 9.15. The van der Waals surface area contributed by atoms with Crippen molar-refractivity contribution in [3.8, 4) is 66.8 Å². The van der Waals surface area contributed by atoms with Crippen molar-refractivity contribution in [1.29, 1.82) is 0 Å². The second-order valence-corrected chi connectivity index (χ2v) is 23.6. The average molecular weight is 1210 g/mol. The van der Waals surface area contributed by atoms with Crippen LogP contribution < -0.4 is 0 Å². The highest BCUT2D eigenvalue weighted by Crippen LogP contribution is 2.49. The SMILES string of the molecule is [2H]c1c([2H])c([2H])c2c(-c3ccc4oc5ccc(-c6cc7ccccc7c7ccccc67)cc5c4c3)c3c([2H])c([2H])c([2H])c([2H])c3c(-c3ccccc3)c2c1[2H].[2H]c1c([2H])c([2H])c2c(-c3ccc4oc5cccc(-c6cccc7c6ccc6ccccc67)c5c4c3)c3c([2H])c([2H])c([2H])c([2H])c3c(-c3ccccc3)c2c1[2H]. The molecule has 0 saturated heterocycles. The predicted octanol–water partition coefficient (Wildman–Crippen LogP) is 26.4. The molecule has 0 aliphatic rings. The maximum atomic E-state index is 9.31. The summed E-state index contributed by atoms with van der Waals surface area (Å²) in [6.07, 6.45) is 0. The maximum Gasteiger partial charge on any atom is 0.136 e. The first-order chi connectivity index (χ1) is 53.3. The lowest BCUT2D eigenvalue weighted by Gasteiger charge is -2.17. The first-order valence-corrected chi connectivity index (χ1v) is 31.1. The monoisotopic (exact) mass is 1210 g/mol. The number of hydrogen-bond donors (Lipinski definition) is 0. The van der Waals surface area contributed by atoms with E-state index in [0.717, 1.165) is 81.5 Å². The molecule has 18 aromatic carbocycles. The second kappa shape index (κ2) is 21.7. The normalized spacial score (nSPS) is 14.2. The third kappa shape index (κ3) is 8.51. The molecule has 2 nitrogen and oxygen atoms in total. The zero-order valence-electron chi connectivity index (χ0n) is 65.9. The van der Waals surface area contributed by atoms with Crippen LogP contribution in [0.5, 0.6) is 0 Å².